The van der Waals surface area contributed by atoms with E-state index in [0.717, 1.165) is 0 Å². The van der Waals surface area contributed by atoms with Gasteiger partial charge in [0.1, 0.15) is 0 Å². The van der Waals surface area contributed by atoms with Gasteiger partial charge in [-0.3, -0.25) is 0 Å². The van der Waals surface area contributed by atoms with Crippen molar-refractivity contribution < 1.29 is 0 Å². The molecule has 0 unspecified atom stereocenters. The molecule has 0 saturated heterocycles. The Hall–Kier alpha value is -0.520. The Bertz CT molecular complexity index is 156. The summed E-state index contributed by atoms with van der Waals surface area (Å²) in [5.74, 6) is 0. The van der Waals surface area contributed by atoms with Gasteiger partial charge in [-0.05, 0) is 25.7 Å². The summed E-state index contributed by atoms with van der Waals surface area (Å²) in [4.78, 5) is 0. The number of hydrogen-bond acceptors (Lipinski definition) is 0. The fraction of sp³-hybridized carbons (Fsp3) is 0.733. The van der Waals surface area contributed by atoms with E-state index in [1.165, 1.54) is 70.6 Å². The topological polar surface area (TPSA) is 0 Å². The molecular formula is C15H26. The summed E-state index contributed by atoms with van der Waals surface area (Å²) < 4.78 is 0. The molecular weight excluding hydrogens is 180 g/mol. The van der Waals surface area contributed by atoms with Gasteiger partial charge in [-0.15, -0.1) is 0 Å². The molecule has 0 N–H and O–H groups in total. The third kappa shape index (κ3) is 8.47. The van der Waals surface area contributed by atoms with Gasteiger partial charge in [0, 0.05) is 0 Å². The molecule has 0 aromatic carbocycles. The van der Waals surface area contributed by atoms with Gasteiger partial charge in [0.2, 0.25) is 0 Å². The van der Waals surface area contributed by atoms with Crippen LogP contribution in [0.15, 0.2) is 24.3 Å². The first kappa shape index (κ1) is 12.5. The minimum Gasteiger partial charge on any atom is -0.0845 e. The van der Waals surface area contributed by atoms with E-state index in [4.69, 9.17) is 0 Å². The van der Waals surface area contributed by atoms with Crippen LogP contribution in [0, 0.1) is 0 Å². The highest BCUT2D eigenvalue weighted by atomic mass is 14.0. The van der Waals surface area contributed by atoms with Crippen LogP contribution in [0.5, 0.6) is 0 Å². The molecule has 0 aliphatic heterocycles. The summed E-state index contributed by atoms with van der Waals surface area (Å²) in [5, 5.41) is 0. The predicted molar refractivity (Wildman–Crippen MR) is 69.1 cm³/mol. The van der Waals surface area contributed by atoms with Crippen LogP contribution in [-0.2, 0) is 0 Å². The molecule has 0 aromatic rings. The molecule has 0 saturated carbocycles. The van der Waals surface area contributed by atoms with Crippen molar-refractivity contribution in [1.82, 2.24) is 0 Å². The zero-order valence-electron chi connectivity index (χ0n) is 10.1. The van der Waals surface area contributed by atoms with Crippen molar-refractivity contribution in [3.8, 4) is 0 Å². The standard InChI is InChI=1S/C15H26/c1-2-4-6-8-10-12-14-15-13-11-9-7-5-3-1/h1-4H,5-15H2. The van der Waals surface area contributed by atoms with Crippen molar-refractivity contribution in [2.45, 2.75) is 70.6 Å². The van der Waals surface area contributed by atoms with Crippen LogP contribution in [0.1, 0.15) is 70.6 Å². The Morgan fingerprint density at radius 3 is 1.13 bits per heavy atom. The largest absolute Gasteiger partial charge is 0.0845 e. The summed E-state index contributed by atoms with van der Waals surface area (Å²) in [6, 6.07) is 0. The van der Waals surface area contributed by atoms with E-state index in [2.05, 4.69) is 24.3 Å². The van der Waals surface area contributed by atoms with E-state index < -0.39 is 0 Å². The molecule has 0 fully saturated rings. The van der Waals surface area contributed by atoms with Gasteiger partial charge >= 0.3 is 0 Å². The maximum Gasteiger partial charge on any atom is -0.0348 e. The average Bonchev–Trinajstić information content (AvgIpc) is 2.27. The lowest BCUT2D eigenvalue weighted by Gasteiger charge is -2.00. The van der Waals surface area contributed by atoms with E-state index in [1.54, 1.807) is 0 Å². The monoisotopic (exact) mass is 206 g/mol. The lowest BCUT2D eigenvalue weighted by atomic mass is 10.1. The van der Waals surface area contributed by atoms with Crippen LogP contribution in [-0.4, -0.2) is 0 Å². The number of allylic oxidation sites excluding steroid dienone is 4. The third-order valence-corrected chi connectivity index (χ3v) is 3.12. The highest BCUT2D eigenvalue weighted by Crippen LogP contribution is 2.12. The summed E-state index contributed by atoms with van der Waals surface area (Å²) in [6.07, 6.45) is 24.5. The minimum atomic E-state index is 1.27. The van der Waals surface area contributed by atoms with Gasteiger partial charge in [-0.2, -0.15) is 0 Å². The Balaban J connectivity index is 2.16. The Labute approximate surface area is 95.5 Å². The van der Waals surface area contributed by atoms with Crippen LogP contribution in [0.3, 0.4) is 0 Å². The van der Waals surface area contributed by atoms with E-state index in [0.29, 0.717) is 0 Å². The SMILES string of the molecule is C1=CCCCCCCCCCCCC=C1. The zero-order chi connectivity index (χ0) is 10.6. The van der Waals surface area contributed by atoms with Crippen LogP contribution in [0.4, 0.5) is 0 Å². The first-order valence-corrected chi connectivity index (χ1v) is 6.82. The van der Waals surface area contributed by atoms with Crippen LogP contribution < -0.4 is 0 Å². The third-order valence-electron chi connectivity index (χ3n) is 3.12. The highest BCUT2D eigenvalue weighted by Gasteiger charge is 1.92. The minimum absolute atomic E-state index is 1.27. The molecule has 0 radical (unpaired) electrons. The maximum absolute atomic E-state index is 2.32. The van der Waals surface area contributed by atoms with Crippen molar-refractivity contribution in [3.05, 3.63) is 24.3 Å². The second kappa shape index (κ2) is 10.0. The average molecular weight is 206 g/mol. The molecule has 0 heteroatoms. The quantitative estimate of drug-likeness (QED) is 0.497. The van der Waals surface area contributed by atoms with Gasteiger partial charge in [-0.25, -0.2) is 0 Å². The Kier molecular flexibility index (Phi) is 8.38. The van der Waals surface area contributed by atoms with E-state index in [9.17, 15) is 0 Å². The molecule has 0 spiro atoms. The van der Waals surface area contributed by atoms with Gasteiger partial charge in [0.15, 0.2) is 0 Å². The number of hydrogen-bond donors (Lipinski definition) is 0. The van der Waals surface area contributed by atoms with E-state index >= 15 is 0 Å². The molecule has 0 bridgehead atoms. The molecule has 1 rings (SSSR count). The zero-order valence-corrected chi connectivity index (χ0v) is 10.1. The van der Waals surface area contributed by atoms with Crippen molar-refractivity contribution in [2.24, 2.45) is 0 Å². The van der Waals surface area contributed by atoms with E-state index in [-0.39, 0.29) is 0 Å². The lowest BCUT2D eigenvalue weighted by Crippen LogP contribution is -1.81. The van der Waals surface area contributed by atoms with Gasteiger partial charge in [0.25, 0.3) is 0 Å². The first-order chi connectivity index (χ1) is 7.50. The molecule has 15 heavy (non-hydrogen) atoms. The van der Waals surface area contributed by atoms with Crippen molar-refractivity contribution in [3.63, 3.8) is 0 Å². The van der Waals surface area contributed by atoms with Gasteiger partial charge < -0.3 is 0 Å². The molecule has 0 heterocycles. The summed E-state index contributed by atoms with van der Waals surface area (Å²) in [5.41, 5.74) is 0. The second-order valence-corrected chi connectivity index (χ2v) is 4.62. The Morgan fingerprint density at radius 1 is 0.400 bits per heavy atom. The molecule has 1 aliphatic rings. The summed E-state index contributed by atoms with van der Waals surface area (Å²) in [6.45, 7) is 0. The summed E-state index contributed by atoms with van der Waals surface area (Å²) in [7, 11) is 0. The van der Waals surface area contributed by atoms with Crippen LogP contribution in [0.25, 0.3) is 0 Å². The normalized spacial score (nSPS) is 21.9. The second-order valence-electron chi connectivity index (χ2n) is 4.62. The highest BCUT2D eigenvalue weighted by molar-refractivity contribution is 5.02. The molecule has 0 aromatic heterocycles. The fourth-order valence-electron chi connectivity index (χ4n) is 2.11. The Morgan fingerprint density at radius 2 is 0.733 bits per heavy atom. The molecule has 0 atom stereocenters. The van der Waals surface area contributed by atoms with Crippen molar-refractivity contribution in [1.29, 1.82) is 0 Å². The van der Waals surface area contributed by atoms with Crippen molar-refractivity contribution in [2.75, 3.05) is 0 Å². The predicted octanol–water partition coefficient (Wildman–Crippen LogP) is 5.40. The van der Waals surface area contributed by atoms with Gasteiger partial charge in [-0.1, -0.05) is 69.2 Å². The van der Waals surface area contributed by atoms with Crippen molar-refractivity contribution >= 4 is 0 Å². The van der Waals surface area contributed by atoms with Crippen LogP contribution in [0.2, 0.25) is 0 Å². The summed E-state index contributed by atoms with van der Waals surface area (Å²) >= 11 is 0. The van der Waals surface area contributed by atoms with E-state index in [1.807, 2.05) is 0 Å². The van der Waals surface area contributed by atoms with Crippen LogP contribution >= 0.6 is 0 Å². The maximum atomic E-state index is 2.32. The fourth-order valence-corrected chi connectivity index (χ4v) is 2.11. The lowest BCUT2D eigenvalue weighted by molar-refractivity contribution is 0.562. The first-order valence-electron chi connectivity index (χ1n) is 6.82. The van der Waals surface area contributed by atoms with Gasteiger partial charge in [0.05, 0.1) is 0 Å². The molecule has 1 aliphatic carbocycles. The molecule has 0 amide bonds. The molecule has 86 valence electrons. The smallest absolute Gasteiger partial charge is 0.0348 e. The molecule has 0 nitrogen and oxygen atoms in total. The number of rotatable bonds is 0.